The van der Waals surface area contributed by atoms with E-state index in [0.29, 0.717) is 67.7 Å². The molecule has 3 heterocycles. The fourth-order valence-corrected chi connectivity index (χ4v) is 8.97. The molecule has 0 saturated heterocycles. The van der Waals surface area contributed by atoms with Gasteiger partial charge < -0.3 is 30.5 Å². The molecule has 0 aliphatic carbocycles. The second-order valence-electron chi connectivity index (χ2n) is 13.1. The molecule has 6 rings (SSSR count). The topological polar surface area (TPSA) is 134 Å². The van der Waals surface area contributed by atoms with Crippen molar-refractivity contribution in [2.24, 2.45) is 5.73 Å². The molecule has 11 nitrogen and oxygen atoms in total. The first-order valence-electron chi connectivity index (χ1n) is 17.8. The highest BCUT2D eigenvalue weighted by molar-refractivity contribution is 7.80. The van der Waals surface area contributed by atoms with Gasteiger partial charge in [0.05, 0.1) is 30.7 Å². The van der Waals surface area contributed by atoms with Gasteiger partial charge in [-0.25, -0.2) is 0 Å². The van der Waals surface area contributed by atoms with Gasteiger partial charge in [-0.1, -0.05) is 73.0 Å². The Hall–Kier alpha value is -4.56. The molecule has 2 aliphatic heterocycles. The number of rotatable bonds is 13. The molecule has 14 heteroatoms. The molecule has 2 amide bonds. The molecular formula is C39H43ClN6O5S2. The van der Waals surface area contributed by atoms with Crippen molar-refractivity contribution in [2.45, 2.75) is 57.5 Å². The summed E-state index contributed by atoms with van der Waals surface area (Å²) >= 11 is 14.3. The van der Waals surface area contributed by atoms with Crippen molar-refractivity contribution in [1.82, 2.24) is 9.80 Å². The van der Waals surface area contributed by atoms with Crippen LogP contribution in [0.4, 0.5) is 16.4 Å². The number of hydrogen-bond acceptors (Lipinski definition) is 8. The van der Waals surface area contributed by atoms with Gasteiger partial charge in [-0.05, 0) is 79.3 Å². The fraction of sp³-hybridized carbons (Fsp3) is 0.359. The number of nitrogens with zero attached hydrogens (tertiary/aromatic N) is 4. The largest absolute Gasteiger partial charge is 0.496 e. The van der Waals surface area contributed by atoms with Gasteiger partial charge >= 0.3 is 0 Å². The Morgan fingerprint density at radius 2 is 1.83 bits per heavy atom. The molecule has 0 radical (unpaired) electrons. The number of nitrogens with two attached hydrogens (primary N) is 1. The Balaban J connectivity index is 1.38. The van der Waals surface area contributed by atoms with Gasteiger partial charge in [0.2, 0.25) is 11.8 Å². The molecule has 1 unspecified atom stereocenters. The third-order valence-electron chi connectivity index (χ3n) is 9.78. The SMILES string of the molecule is COc1ccc(NC(=S)N2CCc3c(sc4c3C(c3ccccc3Cl)N(C(=O)CCCCCCN)CC(=O)N4CCc3ccccc3)C2)c([N+](=O)[O-])c1. The summed E-state index contributed by atoms with van der Waals surface area (Å²) in [5.41, 5.74) is 9.70. The van der Waals surface area contributed by atoms with E-state index in [9.17, 15) is 19.7 Å². The molecule has 4 aromatic rings. The number of nitrogens with one attached hydrogen (secondary N) is 1. The molecule has 2 aliphatic rings. The van der Waals surface area contributed by atoms with Crippen molar-refractivity contribution >= 4 is 68.5 Å². The summed E-state index contributed by atoms with van der Waals surface area (Å²) in [5, 5.41) is 16.7. The smallest absolute Gasteiger partial charge is 0.296 e. The first-order chi connectivity index (χ1) is 25.7. The summed E-state index contributed by atoms with van der Waals surface area (Å²) in [4.78, 5) is 46.6. The average Bonchev–Trinajstić information content (AvgIpc) is 3.48. The maximum absolute atomic E-state index is 14.4. The normalized spacial score (nSPS) is 15.4. The van der Waals surface area contributed by atoms with Gasteiger partial charge in [0, 0.05) is 35.0 Å². The third-order valence-corrected chi connectivity index (χ3v) is 11.7. The van der Waals surface area contributed by atoms with Gasteiger partial charge in [0.25, 0.3) is 5.69 Å². The monoisotopic (exact) mass is 774 g/mol. The summed E-state index contributed by atoms with van der Waals surface area (Å²) in [6.07, 6.45) is 4.98. The van der Waals surface area contributed by atoms with Gasteiger partial charge in [-0.15, -0.1) is 11.3 Å². The van der Waals surface area contributed by atoms with E-state index in [0.717, 1.165) is 51.4 Å². The lowest BCUT2D eigenvalue weighted by Gasteiger charge is -2.34. The molecule has 3 N–H and O–H groups in total. The first-order valence-corrected chi connectivity index (χ1v) is 19.4. The number of anilines is 2. The van der Waals surface area contributed by atoms with E-state index < -0.39 is 11.0 Å². The van der Waals surface area contributed by atoms with Crippen molar-refractivity contribution in [3.05, 3.63) is 115 Å². The summed E-state index contributed by atoms with van der Waals surface area (Å²) < 4.78 is 5.19. The number of halogens is 1. The fourth-order valence-electron chi connectivity index (χ4n) is 7.03. The molecule has 0 saturated carbocycles. The number of carbonyl (C=O) groups is 2. The van der Waals surface area contributed by atoms with Crippen molar-refractivity contribution in [3.63, 3.8) is 0 Å². The average molecular weight is 775 g/mol. The van der Waals surface area contributed by atoms with Gasteiger partial charge in [-0.2, -0.15) is 0 Å². The quantitative estimate of drug-likeness (QED) is 0.0614. The zero-order chi connectivity index (χ0) is 37.5. The molecule has 0 fully saturated rings. The van der Waals surface area contributed by atoms with Crippen LogP contribution in [0.5, 0.6) is 5.75 Å². The molecule has 53 heavy (non-hydrogen) atoms. The van der Waals surface area contributed by atoms with Crippen molar-refractivity contribution in [1.29, 1.82) is 0 Å². The molecule has 278 valence electrons. The van der Waals surface area contributed by atoms with Gasteiger partial charge in [0.1, 0.15) is 23.0 Å². The minimum atomic E-state index is -0.570. The molecule has 0 bridgehead atoms. The Kier molecular flexibility index (Phi) is 12.6. The predicted octanol–water partition coefficient (Wildman–Crippen LogP) is 7.49. The molecule has 0 spiro atoms. The molecule has 1 atom stereocenters. The zero-order valence-electron chi connectivity index (χ0n) is 29.6. The van der Waals surface area contributed by atoms with Crippen LogP contribution in [0, 0.1) is 10.1 Å². The Bertz CT molecular complexity index is 1970. The van der Waals surface area contributed by atoms with Crippen molar-refractivity contribution in [3.8, 4) is 5.75 Å². The molecule has 3 aromatic carbocycles. The van der Waals surface area contributed by atoms with E-state index in [1.807, 2.05) is 52.3 Å². The van der Waals surface area contributed by atoms with E-state index in [-0.39, 0.29) is 29.7 Å². The Labute approximate surface area is 323 Å². The van der Waals surface area contributed by atoms with Crippen LogP contribution in [-0.2, 0) is 29.0 Å². The Morgan fingerprint density at radius 1 is 1.08 bits per heavy atom. The highest BCUT2D eigenvalue weighted by atomic mass is 35.5. The highest BCUT2D eigenvalue weighted by Crippen LogP contribution is 2.49. The maximum Gasteiger partial charge on any atom is 0.296 e. The van der Waals surface area contributed by atoms with Gasteiger partial charge in [-0.3, -0.25) is 19.7 Å². The molecule has 1 aromatic heterocycles. The van der Waals surface area contributed by atoms with Crippen molar-refractivity contribution in [2.75, 3.05) is 43.5 Å². The van der Waals surface area contributed by atoms with E-state index in [1.54, 1.807) is 28.4 Å². The number of carbonyl (C=O) groups excluding carboxylic acids is 2. The van der Waals surface area contributed by atoms with Crippen LogP contribution in [0.3, 0.4) is 0 Å². The van der Waals surface area contributed by atoms with E-state index in [4.69, 9.17) is 34.3 Å². The van der Waals surface area contributed by atoms with Crippen LogP contribution >= 0.6 is 35.2 Å². The van der Waals surface area contributed by atoms with Crippen LogP contribution < -0.4 is 20.7 Å². The standard InChI is InChI=1S/C39H43ClN6O5S2/c1-51-27-16-17-31(32(23-27)46(49)50)42-39(52)43-21-19-29-33(24-43)53-38-36(29)37(28-13-8-9-14-30(28)40)45(34(47)15-7-2-3-10-20-41)25-35(48)44(38)22-18-26-11-5-4-6-12-26/h4-6,8-9,11-14,16-17,23,37H,2-3,7,10,15,18-22,24-25,41H2,1H3,(H,42,52). The number of thiocarbonyl (C=S) groups is 1. The molecular weight excluding hydrogens is 732 g/mol. The van der Waals surface area contributed by atoms with E-state index in [2.05, 4.69) is 17.4 Å². The number of ether oxygens (including phenoxy) is 1. The van der Waals surface area contributed by atoms with Crippen LogP contribution in [0.1, 0.15) is 65.3 Å². The van der Waals surface area contributed by atoms with Crippen LogP contribution in [0.15, 0.2) is 72.8 Å². The number of nitro benzene ring substituents is 1. The van der Waals surface area contributed by atoms with Crippen LogP contribution in [0.2, 0.25) is 5.02 Å². The Morgan fingerprint density at radius 3 is 2.57 bits per heavy atom. The number of hydrogen-bond donors (Lipinski definition) is 2. The number of amides is 2. The minimum Gasteiger partial charge on any atom is -0.496 e. The highest BCUT2D eigenvalue weighted by Gasteiger charge is 2.42. The lowest BCUT2D eigenvalue weighted by Crippen LogP contribution is -2.43. The van der Waals surface area contributed by atoms with Crippen LogP contribution in [0.25, 0.3) is 0 Å². The number of unbranched alkanes of at least 4 members (excludes halogenated alkanes) is 3. The second kappa shape index (κ2) is 17.5. The lowest BCUT2D eigenvalue weighted by molar-refractivity contribution is -0.384. The number of benzene rings is 3. The van der Waals surface area contributed by atoms with Gasteiger partial charge in [0.15, 0.2) is 5.11 Å². The minimum absolute atomic E-state index is 0.0662. The number of nitro groups is 1. The first kappa shape index (κ1) is 38.2. The maximum atomic E-state index is 14.4. The summed E-state index contributed by atoms with van der Waals surface area (Å²) in [5.74, 6) is 0.137. The third kappa shape index (κ3) is 8.65. The summed E-state index contributed by atoms with van der Waals surface area (Å²) in [6, 6.07) is 21.6. The zero-order valence-corrected chi connectivity index (χ0v) is 32.0. The summed E-state index contributed by atoms with van der Waals surface area (Å²) in [6.45, 7) is 1.94. The predicted molar refractivity (Wildman–Crippen MR) is 214 cm³/mol. The number of fused-ring (bicyclic) bond motifs is 3. The van der Waals surface area contributed by atoms with E-state index in [1.165, 1.54) is 13.2 Å². The summed E-state index contributed by atoms with van der Waals surface area (Å²) in [7, 11) is 1.46. The number of methoxy groups -OCH3 is 1. The second-order valence-corrected chi connectivity index (χ2v) is 15.0. The number of thiophene rings is 1. The lowest BCUT2D eigenvalue weighted by atomic mass is 9.91. The van der Waals surface area contributed by atoms with Crippen LogP contribution in [-0.4, -0.2) is 64.9 Å². The van der Waals surface area contributed by atoms with E-state index >= 15 is 0 Å². The van der Waals surface area contributed by atoms with Crippen molar-refractivity contribution < 1.29 is 19.2 Å².